The van der Waals surface area contributed by atoms with Gasteiger partial charge in [0.05, 0.1) is 11.8 Å². The number of halogens is 1. The van der Waals surface area contributed by atoms with Crippen molar-refractivity contribution < 1.29 is 4.74 Å². The number of aromatic nitrogens is 1. The average Bonchev–Trinajstić information content (AvgIpc) is 2.40. The quantitative estimate of drug-likeness (QED) is 0.878. The lowest BCUT2D eigenvalue weighted by Gasteiger charge is -2.14. The van der Waals surface area contributed by atoms with Gasteiger partial charge in [-0.05, 0) is 38.1 Å². The molecule has 1 aromatic carbocycles. The Morgan fingerprint density at radius 2 is 2.00 bits per heavy atom. The largest absolute Gasteiger partial charge is 0.474 e. The van der Waals surface area contributed by atoms with E-state index in [1.54, 1.807) is 6.07 Å². The molecule has 0 aliphatic heterocycles. The Labute approximate surface area is 131 Å². The fourth-order valence-corrected chi connectivity index (χ4v) is 1.97. The van der Waals surface area contributed by atoms with Crippen LogP contribution in [0.3, 0.4) is 0 Å². The summed E-state index contributed by atoms with van der Waals surface area (Å²) in [6.07, 6.45) is -0.0908. The molecule has 0 saturated heterocycles. The van der Waals surface area contributed by atoms with Crippen molar-refractivity contribution in [1.29, 1.82) is 5.26 Å². The summed E-state index contributed by atoms with van der Waals surface area (Å²) in [5.41, 5.74) is 7.35. The molecule has 1 heterocycles. The summed E-state index contributed by atoms with van der Waals surface area (Å²) >= 11 is 3.38. The third-order valence-corrected chi connectivity index (χ3v) is 3.12. The van der Waals surface area contributed by atoms with Crippen molar-refractivity contribution in [3.05, 3.63) is 40.4 Å². The Morgan fingerprint density at radius 1 is 1.33 bits per heavy atom. The van der Waals surface area contributed by atoms with Crippen molar-refractivity contribution in [1.82, 2.24) is 4.98 Å². The number of pyridine rings is 1. The lowest BCUT2D eigenvalue weighted by molar-refractivity contribution is 0.232. The predicted octanol–water partition coefficient (Wildman–Crippen LogP) is 3.83. The Hall–Kier alpha value is -2.26. The number of hydrogen-bond donors (Lipinski definition) is 2. The van der Waals surface area contributed by atoms with Gasteiger partial charge in [-0.25, -0.2) is 0 Å². The summed E-state index contributed by atoms with van der Waals surface area (Å²) in [5.74, 6) is 0.775. The van der Waals surface area contributed by atoms with Gasteiger partial charge in [0.25, 0.3) is 0 Å². The molecule has 3 N–H and O–H groups in total. The highest BCUT2D eigenvalue weighted by molar-refractivity contribution is 9.10. The first-order chi connectivity index (χ1) is 9.99. The van der Waals surface area contributed by atoms with E-state index in [4.69, 9.17) is 15.7 Å². The van der Waals surface area contributed by atoms with Crippen LogP contribution in [0.15, 0.2) is 34.8 Å². The van der Waals surface area contributed by atoms with Crippen LogP contribution in [0.4, 0.5) is 17.2 Å². The van der Waals surface area contributed by atoms with E-state index in [1.165, 1.54) is 0 Å². The number of anilines is 3. The zero-order valence-electron chi connectivity index (χ0n) is 11.7. The first-order valence-electron chi connectivity index (χ1n) is 6.39. The van der Waals surface area contributed by atoms with Crippen LogP contribution in [0.1, 0.15) is 19.4 Å². The normalized spacial score (nSPS) is 10.2. The zero-order chi connectivity index (χ0) is 15.4. The molecule has 108 valence electrons. The van der Waals surface area contributed by atoms with Gasteiger partial charge in [0, 0.05) is 16.2 Å². The Kier molecular flexibility index (Phi) is 4.66. The maximum atomic E-state index is 9.15. The van der Waals surface area contributed by atoms with Crippen LogP contribution < -0.4 is 15.8 Å². The highest BCUT2D eigenvalue weighted by Gasteiger charge is 2.13. The van der Waals surface area contributed by atoms with E-state index in [2.05, 4.69) is 26.2 Å². The van der Waals surface area contributed by atoms with Crippen molar-refractivity contribution in [3.63, 3.8) is 0 Å². The topological polar surface area (TPSA) is 84.0 Å². The molecule has 1 aromatic heterocycles. The molecule has 0 amide bonds. The molecule has 21 heavy (non-hydrogen) atoms. The highest BCUT2D eigenvalue weighted by atomic mass is 79.9. The van der Waals surface area contributed by atoms with E-state index >= 15 is 0 Å². The van der Waals surface area contributed by atoms with Gasteiger partial charge in [-0.15, -0.1) is 0 Å². The molecule has 0 saturated carbocycles. The van der Waals surface area contributed by atoms with E-state index < -0.39 is 0 Å². The Bertz CT molecular complexity index is 677. The molecule has 0 bridgehead atoms. The summed E-state index contributed by atoms with van der Waals surface area (Å²) in [6.45, 7) is 3.74. The van der Waals surface area contributed by atoms with E-state index in [-0.39, 0.29) is 17.5 Å². The standard InChI is InChI=1S/C15H15BrN4O/c1-9(2)21-15-12(8-17)13(18)7-14(20-15)19-11-5-3-10(16)4-6-11/h3-7,9H,1-2H3,(H3,18,19,20). The third-order valence-electron chi connectivity index (χ3n) is 2.59. The summed E-state index contributed by atoms with van der Waals surface area (Å²) in [6, 6.07) is 11.3. The smallest absolute Gasteiger partial charge is 0.236 e. The maximum Gasteiger partial charge on any atom is 0.236 e. The van der Waals surface area contributed by atoms with Crippen LogP contribution in [-0.2, 0) is 0 Å². The number of nitrogens with one attached hydrogen (secondary N) is 1. The second-order valence-corrected chi connectivity index (χ2v) is 5.60. The van der Waals surface area contributed by atoms with Gasteiger partial charge >= 0.3 is 0 Å². The van der Waals surface area contributed by atoms with Gasteiger partial charge in [0.15, 0.2) is 0 Å². The van der Waals surface area contributed by atoms with Gasteiger partial charge in [0.1, 0.15) is 17.5 Å². The van der Waals surface area contributed by atoms with Crippen LogP contribution in [0, 0.1) is 11.3 Å². The van der Waals surface area contributed by atoms with E-state index in [0.717, 1.165) is 10.2 Å². The van der Waals surface area contributed by atoms with Crippen LogP contribution >= 0.6 is 15.9 Å². The number of nitrogen functional groups attached to an aromatic ring is 1. The molecule has 2 rings (SSSR count). The first-order valence-corrected chi connectivity index (χ1v) is 7.18. The minimum absolute atomic E-state index is 0.0908. The van der Waals surface area contributed by atoms with Gasteiger partial charge in [0.2, 0.25) is 5.88 Å². The molecule has 0 aliphatic carbocycles. The maximum absolute atomic E-state index is 9.15. The number of hydrogen-bond acceptors (Lipinski definition) is 5. The molecule has 2 aromatic rings. The fourth-order valence-electron chi connectivity index (χ4n) is 1.71. The molecule has 0 radical (unpaired) electrons. The van der Waals surface area contributed by atoms with Crippen molar-refractivity contribution in [2.24, 2.45) is 0 Å². The van der Waals surface area contributed by atoms with Crippen molar-refractivity contribution in [2.45, 2.75) is 20.0 Å². The lowest BCUT2D eigenvalue weighted by atomic mass is 10.2. The van der Waals surface area contributed by atoms with Crippen molar-refractivity contribution >= 4 is 33.1 Å². The second-order valence-electron chi connectivity index (χ2n) is 4.69. The fraction of sp³-hybridized carbons (Fsp3) is 0.200. The second kappa shape index (κ2) is 6.46. The number of rotatable bonds is 4. The lowest BCUT2D eigenvalue weighted by Crippen LogP contribution is -2.10. The number of ether oxygens (including phenoxy) is 1. The highest BCUT2D eigenvalue weighted by Crippen LogP contribution is 2.27. The number of nitrogens with two attached hydrogens (primary N) is 1. The Balaban J connectivity index is 2.34. The molecule has 0 unspecified atom stereocenters. The van der Waals surface area contributed by atoms with Gasteiger partial charge in [-0.2, -0.15) is 10.2 Å². The molecule has 0 aliphatic rings. The van der Waals surface area contributed by atoms with Gasteiger partial charge in [-0.3, -0.25) is 0 Å². The van der Waals surface area contributed by atoms with E-state index in [1.807, 2.05) is 44.2 Å². The predicted molar refractivity (Wildman–Crippen MR) is 86.6 cm³/mol. The van der Waals surface area contributed by atoms with Crippen molar-refractivity contribution in [3.8, 4) is 11.9 Å². The van der Waals surface area contributed by atoms with Crippen LogP contribution in [0.2, 0.25) is 0 Å². The minimum atomic E-state index is -0.0908. The van der Waals surface area contributed by atoms with Gasteiger partial charge in [-0.1, -0.05) is 15.9 Å². The molecule has 6 heteroatoms. The molecule has 5 nitrogen and oxygen atoms in total. The number of nitriles is 1. The van der Waals surface area contributed by atoms with E-state index in [0.29, 0.717) is 11.5 Å². The summed E-state index contributed by atoms with van der Waals surface area (Å²) in [7, 11) is 0. The van der Waals surface area contributed by atoms with Crippen molar-refractivity contribution in [2.75, 3.05) is 11.1 Å². The molecule has 0 spiro atoms. The number of nitrogens with zero attached hydrogens (tertiary/aromatic N) is 2. The molecular weight excluding hydrogens is 332 g/mol. The molecule has 0 atom stereocenters. The third kappa shape index (κ3) is 3.86. The van der Waals surface area contributed by atoms with E-state index in [9.17, 15) is 0 Å². The van der Waals surface area contributed by atoms with Crippen LogP contribution in [0.25, 0.3) is 0 Å². The monoisotopic (exact) mass is 346 g/mol. The molecular formula is C15H15BrN4O. The average molecular weight is 347 g/mol. The zero-order valence-corrected chi connectivity index (χ0v) is 13.3. The SMILES string of the molecule is CC(C)Oc1nc(Nc2ccc(Br)cc2)cc(N)c1C#N. The first kappa shape index (κ1) is 15.1. The van der Waals surface area contributed by atoms with Crippen LogP contribution in [0.5, 0.6) is 5.88 Å². The number of benzene rings is 1. The Morgan fingerprint density at radius 3 is 2.57 bits per heavy atom. The summed E-state index contributed by atoms with van der Waals surface area (Å²) < 4.78 is 6.54. The van der Waals surface area contributed by atoms with Gasteiger partial charge < -0.3 is 15.8 Å². The summed E-state index contributed by atoms with van der Waals surface area (Å²) in [4.78, 5) is 4.31. The summed E-state index contributed by atoms with van der Waals surface area (Å²) in [5, 5.41) is 12.3. The van der Waals surface area contributed by atoms with Crippen LogP contribution in [-0.4, -0.2) is 11.1 Å². The molecule has 0 fully saturated rings. The minimum Gasteiger partial charge on any atom is -0.474 e.